The fourth-order valence-corrected chi connectivity index (χ4v) is 1.43. The van der Waals surface area contributed by atoms with Crippen molar-refractivity contribution < 1.29 is 22.8 Å². The molecule has 0 radical (unpaired) electrons. The summed E-state index contributed by atoms with van der Waals surface area (Å²) in [5.74, 6) is 0. The molecule has 1 atom stereocenters. The van der Waals surface area contributed by atoms with Crippen LogP contribution in [0.5, 0.6) is 0 Å². The molecule has 0 aromatic heterocycles. The highest BCUT2D eigenvalue weighted by Crippen LogP contribution is 2.33. The van der Waals surface area contributed by atoms with Crippen LogP contribution in [0.3, 0.4) is 0 Å². The average Bonchev–Trinajstić information content (AvgIpc) is 2.33. The second kappa shape index (κ2) is 6.63. The average molecular weight is 297 g/mol. The van der Waals surface area contributed by atoms with Crippen molar-refractivity contribution in [3.05, 3.63) is 34.9 Å². The van der Waals surface area contributed by atoms with Gasteiger partial charge in [0.2, 0.25) is 0 Å². The fraction of sp³-hybridized carbons (Fsp3) is 0.364. The lowest BCUT2D eigenvalue weighted by molar-refractivity contribution is -0.155. The van der Waals surface area contributed by atoms with Gasteiger partial charge in [-0.3, -0.25) is 4.84 Å². The smallest absolute Gasteiger partial charge is 0.321 e. The molecule has 0 saturated heterocycles. The van der Waals surface area contributed by atoms with Crippen LogP contribution in [0.2, 0.25) is 5.02 Å². The van der Waals surface area contributed by atoms with Gasteiger partial charge in [-0.2, -0.15) is 13.2 Å². The molecule has 2 N–H and O–H groups in total. The van der Waals surface area contributed by atoms with Gasteiger partial charge in [0.25, 0.3) is 0 Å². The van der Waals surface area contributed by atoms with E-state index in [2.05, 4.69) is 4.84 Å². The predicted octanol–water partition coefficient (Wildman–Crippen LogP) is 3.19. The number of carbonyl (C=O) groups is 1. The number of urea groups is 1. The van der Waals surface area contributed by atoms with E-state index < -0.39 is 18.2 Å². The van der Waals surface area contributed by atoms with Crippen LogP contribution in [0.25, 0.3) is 0 Å². The number of amides is 2. The zero-order valence-corrected chi connectivity index (χ0v) is 10.7. The molecule has 106 valence electrons. The van der Waals surface area contributed by atoms with Crippen LogP contribution in [-0.2, 0) is 4.84 Å². The quantitative estimate of drug-likeness (QED) is 0.838. The van der Waals surface area contributed by atoms with Crippen LogP contribution in [0.4, 0.5) is 18.0 Å². The maximum atomic E-state index is 12.9. The molecule has 1 aromatic carbocycles. The Morgan fingerprint density at radius 2 is 1.95 bits per heavy atom. The molecule has 0 fully saturated rings. The van der Waals surface area contributed by atoms with Gasteiger partial charge in [0.05, 0.1) is 6.61 Å². The zero-order chi connectivity index (χ0) is 14.5. The first-order chi connectivity index (χ1) is 8.84. The third kappa shape index (κ3) is 4.96. The molecular formula is C11H12ClF3N2O2. The van der Waals surface area contributed by atoms with Gasteiger partial charge in [-0.05, 0) is 24.6 Å². The summed E-state index contributed by atoms with van der Waals surface area (Å²) < 4.78 is 38.6. The molecule has 0 unspecified atom stereocenters. The molecule has 0 aliphatic heterocycles. The summed E-state index contributed by atoms with van der Waals surface area (Å²) in [7, 11) is 0. The van der Waals surface area contributed by atoms with Gasteiger partial charge < -0.3 is 5.32 Å². The molecule has 0 bridgehead atoms. The van der Waals surface area contributed by atoms with Gasteiger partial charge in [0, 0.05) is 5.02 Å². The standard InChI is InChI=1S/C11H12ClF3N2O2/c1-2-19-17-10(18)16-9(11(13,14)15)7-3-5-8(12)6-4-7/h3-6,9H,2H2,1H3,(H2,16,17,18)/t9-/m0/s1. The van der Waals surface area contributed by atoms with Gasteiger partial charge in [0.15, 0.2) is 6.04 Å². The Kier molecular flexibility index (Phi) is 5.44. The zero-order valence-electron chi connectivity index (χ0n) is 9.92. The number of nitrogens with one attached hydrogen (secondary N) is 2. The van der Waals surface area contributed by atoms with Crippen molar-refractivity contribution in [2.24, 2.45) is 0 Å². The molecule has 0 heterocycles. The van der Waals surface area contributed by atoms with Crippen molar-refractivity contribution in [3.63, 3.8) is 0 Å². The third-order valence-corrected chi connectivity index (χ3v) is 2.37. The van der Waals surface area contributed by atoms with Crippen molar-refractivity contribution in [1.29, 1.82) is 0 Å². The lowest BCUT2D eigenvalue weighted by atomic mass is 10.1. The van der Waals surface area contributed by atoms with E-state index in [0.29, 0.717) is 5.02 Å². The van der Waals surface area contributed by atoms with Crippen LogP contribution < -0.4 is 10.8 Å². The van der Waals surface area contributed by atoms with Gasteiger partial charge >= 0.3 is 12.2 Å². The summed E-state index contributed by atoms with van der Waals surface area (Å²) in [6.07, 6.45) is -4.63. The Hall–Kier alpha value is -1.47. The molecular weight excluding hydrogens is 285 g/mol. The second-order valence-corrected chi connectivity index (χ2v) is 3.97. The molecule has 2 amide bonds. The topological polar surface area (TPSA) is 50.4 Å². The van der Waals surface area contributed by atoms with E-state index in [9.17, 15) is 18.0 Å². The lowest BCUT2D eigenvalue weighted by Crippen LogP contribution is -2.43. The van der Waals surface area contributed by atoms with Crippen molar-refractivity contribution in [1.82, 2.24) is 10.8 Å². The number of benzene rings is 1. The maximum absolute atomic E-state index is 12.9. The van der Waals surface area contributed by atoms with Crippen LogP contribution in [0.15, 0.2) is 24.3 Å². The summed E-state index contributed by atoms with van der Waals surface area (Å²) in [5.41, 5.74) is 1.72. The first-order valence-corrected chi connectivity index (χ1v) is 5.73. The van der Waals surface area contributed by atoms with E-state index in [-0.39, 0.29) is 12.2 Å². The van der Waals surface area contributed by atoms with Crippen LogP contribution in [0.1, 0.15) is 18.5 Å². The predicted molar refractivity (Wildman–Crippen MR) is 63.5 cm³/mol. The third-order valence-electron chi connectivity index (χ3n) is 2.12. The highest BCUT2D eigenvalue weighted by molar-refractivity contribution is 6.30. The van der Waals surface area contributed by atoms with Crippen molar-refractivity contribution in [2.75, 3.05) is 6.61 Å². The number of carbonyl (C=O) groups excluding carboxylic acids is 1. The molecule has 0 spiro atoms. The number of rotatable bonds is 4. The van der Waals surface area contributed by atoms with Gasteiger partial charge in [-0.1, -0.05) is 23.7 Å². The molecule has 1 aromatic rings. The van der Waals surface area contributed by atoms with Crippen molar-refractivity contribution >= 4 is 17.6 Å². The van der Waals surface area contributed by atoms with Gasteiger partial charge in [-0.15, -0.1) is 0 Å². The Morgan fingerprint density at radius 1 is 1.37 bits per heavy atom. The van der Waals surface area contributed by atoms with E-state index in [1.807, 2.05) is 5.48 Å². The minimum Gasteiger partial charge on any atom is -0.321 e. The first kappa shape index (κ1) is 15.6. The molecule has 4 nitrogen and oxygen atoms in total. The van der Waals surface area contributed by atoms with Crippen LogP contribution in [-0.4, -0.2) is 18.8 Å². The van der Waals surface area contributed by atoms with Crippen LogP contribution in [0, 0.1) is 0 Å². The lowest BCUT2D eigenvalue weighted by Gasteiger charge is -2.22. The Bertz CT molecular complexity index is 423. The number of hydrogen-bond donors (Lipinski definition) is 2. The Balaban J connectivity index is 2.84. The Labute approximate surface area is 112 Å². The van der Waals surface area contributed by atoms with E-state index in [1.54, 1.807) is 12.2 Å². The number of alkyl halides is 3. The summed E-state index contributed by atoms with van der Waals surface area (Å²) in [6, 6.07) is 1.82. The summed E-state index contributed by atoms with van der Waals surface area (Å²) in [6.45, 7) is 1.73. The molecule has 0 aliphatic rings. The van der Waals surface area contributed by atoms with Crippen molar-refractivity contribution in [2.45, 2.75) is 19.1 Å². The van der Waals surface area contributed by atoms with Gasteiger partial charge in [-0.25, -0.2) is 10.3 Å². The molecule has 19 heavy (non-hydrogen) atoms. The normalized spacial score (nSPS) is 12.9. The summed E-state index contributed by atoms with van der Waals surface area (Å²) in [5, 5.41) is 2.09. The van der Waals surface area contributed by atoms with E-state index in [4.69, 9.17) is 11.6 Å². The number of hydrogen-bond acceptors (Lipinski definition) is 2. The van der Waals surface area contributed by atoms with E-state index in [1.165, 1.54) is 24.3 Å². The molecule has 8 heteroatoms. The second-order valence-electron chi connectivity index (χ2n) is 3.53. The Morgan fingerprint density at radius 3 is 2.42 bits per heavy atom. The van der Waals surface area contributed by atoms with E-state index in [0.717, 1.165) is 0 Å². The highest BCUT2D eigenvalue weighted by Gasteiger charge is 2.41. The SMILES string of the molecule is CCONC(=O)N[C@@H](c1ccc(Cl)cc1)C(F)(F)F. The first-order valence-electron chi connectivity index (χ1n) is 5.35. The van der Waals surface area contributed by atoms with E-state index >= 15 is 0 Å². The monoisotopic (exact) mass is 296 g/mol. The molecule has 1 rings (SSSR count). The molecule has 0 aliphatic carbocycles. The summed E-state index contributed by atoms with van der Waals surface area (Å²) >= 11 is 5.60. The fourth-order valence-electron chi connectivity index (χ4n) is 1.31. The molecule has 0 saturated carbocycles. The summed E-state index contributed by atoms with van der Waals surface area (Å²) in [4.78, 5) is 15.7. The minimum atomic E-state index is -4.63. The largest absolute Gasteiger partial charge is 0.412 e. The van der Waals surface area contributed by atoms with Crippen molar-refractivity contribution in [3.8, 4) is 0 Å². The minimum absolute atomic E-state index is 0.122. The number of hydroxylamine groups is 1. The van der Waals surface area contributed by atoms with Crippen LogP contribution >= 0.6 is 11.6 Å². The highest BCUT2D eigenvalue weighted by atomic mass is 35.5. The van der Waals surface area contributed by atoms with Gasteiger partial charge in [0.1, 0.15) is 0 Å². The maximum Gasteiger partial charge on any atom is 0.412 e. The number of halogens is 4.